The van der Waals surface area contributed by atoms with Gasteiger partial charge in [-0.15, -0.1) is 0 Å². The van der Waals surface area contributed by atoms with E-state index in [2.05, 4.69) is 34.4 Å². The minimum absolute atomic E-state index is 0.325. The molecule has 1 atom stereocenters. The molecule has 3 fully saturated rings. The highest BCUT2D eigenvalue weighted by molar-refractivity contribution is 5.79. The molecule has 1 saturated carbocycles. The first-order chi connectivity index (χ1) is 13.2. The summed E-state index contributed by atoms with van der Waals surface area (Å²) in [5.41, 5.74) is 0.325. The Hall–Kier alpha value is -0.810. The Morgan fingerprint density at radius 2 is 1.70 bits per heavy atom. The largest absolute Gasteiger partial charge is 0.357 e. The standard InChI is InChI=1S/C22H43N5/c1-3-23-21(24-17-20-11-10-14-26(2)18-20)25-19-22(12-6-4-7-13-22)27-15-8-5-9-16-27/h20H,3-19H2,1-2H3,(H2,23,24,25). The van der Waals surface area contributed by atoms with Crippen LogP contribution in [-0.4, -0.2) is 74.2 Å². The zero-order valence-corrected chi connectivity index (χ0v) is 17.9. The van der Waals surface area contributed by atoms with Crippen LogP contribution in [0.2, 0.25) is 0 Å². The molecule has 27 heavy (non-hydrogen) atoms. The summed E-state index contributed by atoms with van der Waals surface area (Å²) >= 11 is 0. The van der Waals surface area contributed by atoms with Gasteiger partial charge in [0, 0.05) is 25.2 Å². The van der Waals surface area contributed by atoms with Crippen LogP contribution in [-0.2, 0) is 0 Å². The Balaban J connectivity index is 1.60. The molecule has 0 amide bonds. The minimum atomic E-state index is 0.325. The monoisotopic (exact) mass is 377 g/mol. The van der Waals surface area contributed by atoms with E-state index in [9.17, 15) is 0 Å². The first kappa shape index (κ1) is 20.9. The molecule has 3 aliphatic rings. The maximum absolute atomic E-state index is 5.13. The zero-order valence-electron chi connectivity index (χ0n) is 17.9. The number of nitrogens with one attached hydrogen (secondary N) is 2. The van der Waals surface area contributed by atoms with Crippen LogP contribution in [0, 0.1) is 5.92 Å². The third kappa shape index (κ3) is 6.08. The smallest absolute Gasteiger partial charge is 0.191 e. The number of guanidine groups is 1. The Labute approximate surface area is 167 Å². The van der Waals surface area contributed by atoms with Crippen LogP contribution in [0.4, 0.5) is 0 Å². The molecule has 3 rings (SSSR count). The number of hydrogen-bond donors (Lipinski definition) is 2. The predicted molar refractivity (Wildman–Crippen MR) is 115 cm³/mol. The molecule has 2 N–H and O–H groups in total. The third-order valence-corrected chi connectivity index (χ3v) is 6.97. The van der Waals surface area contributed by atoms with E-state index in [4.69, 9.17) is 4.99 Å². The lowest BCUT2D eigenvalue weighted by Gasteiger charge is -2.47. The average Bonchev–Trinajstić information content (AvgIpc) is 2.71. The van der Waals surface area contributed by atoms with E-state index < -0.39 is 0 Å². The number of piperidine rings is 2. The summed E-state index contributed by atoms with van der Waals surface area (Å²) in [5, 5.41) is 7.16. The van der Waals surface area contributed by atoms with Gasteiger partial charge in [0.15, 0.2) is 5.96 Å². The highest BCUT2D eigenvalue weighted by Crippen LogP contribution is 2.35. The van der Waals surface area contributed by atoms with Crippen molar-refractivity contribution in [2.45, 2.75) is 76.7 Å². The van der Waals surface area contributed by atoms with Gasteiger partial charge in [0.2, 0.25) is 0 Å². The first-order valence-electron chi connectivity index (χ1n) is 11.7. The zero-order chi connectivity index (χ0) is 19.0. The maximum Gasteiger partial charge on any atom is 0.191 e. The molecule has 0 aromatic heterocycles. The quantitative estimate of drug-likeness (QED) is 0.551. The molecule has 0 spiro atoms. The second-order valence-corrected chi connectivity index (χ2v) is 9.18. The summed E-state index contributed by atoms with van der Waals surface area (Å²) in [6.45, 7) is 10.2. The van der Waals surface area contributed by atoms with Crippen molar-refractivity contribution in [3.8, 4) is 0 Å². The highest BCUT2D eigenvalue weighted by atomic mass is 15.2. The molecule has 2 saturated heterocycles. The lowest BCUT2D eigenvalue weighted by atomic mass is 9.79. The van der Waals surface area contributed by atoms with Crippen LogP contribution in [0.5, 0.6) is 0 Å². The lowest BCUT2D eigenvalue weighted by molar-refractivity contribution is 0.0407. The maximum atomic E-state index is 5.13. The van der Waals surface area contributed by atoms with Gasteiger partial charge in [0.05, 0.1) is 6.54 Å². The number of hydrogen-bond acceptors (Lipinski definition) is 3. The Morgan fingerprint density at radius 3 is 2.41 bits per heavy atom. The van der Waals surface area contributed by atoms with Gasteiger partial charge in [-0.2, -0.15) is 0 Å². The molecule has 2 aliphatic heterocycles. The van der Waals surface area contributed by atoms with Gasteiger partial charge in [-0.05, 0) is 78.0 Å². The molecule has 0 radical (unpaired) electrons. The number of likely N-dealkylation sites (tertiary alicyclic amines) is 2. The first-order valence-corrected chi connectivity index (χ1v) is 11.7. The summed E-state index contributed by atoms with van der Waals surface area (Å²) in [4.78, 5) is 10.4. The third-order valence-electron chi connectivity index (χ3n) is 6.97. The summed E-state index contributed by atoms with van der Waals surface area (Å²) in [6.07, 6.45) is 13.7. The number of aliphatic imine (C=N–C) groups is 1. The highest BCUT2D eigenvalue weighted by Gasteiger charge is 2.38. The summed E-state index contributed by atoms with van der Waals surface area (Å²) < 4.78 is 0. The second kappa shape index (κ2) is 10.7. The molecule has 5 heteroatoms. The molecule has 0 aromatic carbocycles. The Kier molecular flexibility index (Phi) is 8.25. The van der Waals surface area contributed by atoms with Crippen molar-refractivity contribution in [1.82, 2.24) is 20.4 Å². The van der Waals surface area contributed by atoms with Crippen molar-refractivity contribution in [2.75, 3.05) is 52.9 Å². The van der Waals surface area contributed by atoms with Gasteiger partial charge in [-0.1, -0.05) is 25.7 Å². The fourth-order valence-electron chi connectivity index (χ4n) is 5.40. The second-order valence-electron chi connectivity index (χ2n) is 9.18. The molecule has 5 nitrogen and oxygen atoms in total. The van der Waals surface area contributed by atoms with Crippen LogP contribution in [0.25, 0.3) is 0 Å². The van der Waals surface area contributed by atoms with Crippen molar-refractivity contribution in [3.63, 3.8) is 0 Å². The van der Waals surface area contributed by atoms with Crippen molar-refractivity contribution in [1.29, 1.82) is 0 Å². The van der Waals surface area contributed by atoms with Crippen LogP contribution < -0.4 is 10.6 Å². The molecule has 0 bridgehead atoms. The molecular weight excluding hydrogens is 334 g/mol. The van der Waals surface area contributed by atoms with E-state index in [0.717, 1.165) is 31.5 Å². The lowest BCUT2D eigenvalue weighted by Crippen LogP contribution is -2.55. The Bertz CT molecular complexity index is 452. The van der Waals surface area contributed by atoms with Gasteiger partial charge in [0.1, 0.15) is 0 Å². The van der Waals surface area contributed by atoms with Gasteiger partial charge < -0.3 is 15.5 Å². The van der Waals surface area contributed by atoms with Crippen LogP contribution in [0.3, 0.4) is 0 Å². The Morgan fingerprint density at radius 1 is 0.963 bits per heavy atom. The SMILES string of the molecule is CCNC(=NCC1(N2CCCCC2)CCCCC1)NCC1CCCN(C)C1. The molecule has 0 aromatic rings. The number of nitrogens with zero attached hydrogens (tertiary/aromatic N) is 3. The normalized spacial score (nSPS) is 28.1. The molecule has 1 unspecified atom stereocenters. The minimum Gasteiger partial charge on any atom is -0.357 e. The molecular formula is C22H43N5. The van der Waals surface area contributed by atoms with Crippen LogP contribution in [0.1, 0.15) is 71.1 Å². The topological polar surface area (TPSA) is 42.9 Å². The molecule has 1 aliphatic carbocycles. The fourth-order valence-corrected chi connectivity index (χ4v) is 5.40. The summed E-state index contributed by atoms with van der Waals surface area (Å²) in [6, 6.07) is 0. The summed E-state index contributed by atoms with van der Waals surface area (Å²) in [7, 11) is 2.25. The predicted octanol–water partition coefficient (Wildman–Crippen LogP) is 3.07. The van der Waals surface area contributed by atoms with Crippen LogP contribution >= 0.6 is 0 Å². The number of rotatable bonds is 6. The van der Waals surface area contributed by atoms with E-state index in [1.165, 1.54) is 90.4 Å². The van der Waals surface area contributed by atoms with Crippen molar-refractivity contribution < 1.29 is 0 Å². The van der Waals surface area contributed by atoms with E-state index in [1.807, 2.05) is 0 Å². The van der Waals surface area contributed by atoms with E-state index in [-0.39, 0.29) is 0 Å². The van der Waals surface area contributed by atoms with Gasteiger partial charge >= 0.3 is 0 Å². The van der Waals surface area contributed by atoms with Crippen molar-refractivity contribution >= 4 is 5.96 Å². The van der Waals surface area contributed by atoms with Gasteiger partial charge in [0.25, 0.3) is 0 Å². The molecule has 2 heterocycles. The van der Waals surface area contributed by atoms with E-state index in [0.29, 0.717) is 5.54 Å². The van der Waals surface area contributed by atoms with Crippen LogP contribution in [0.15, 0.2) is 4.99 Å². The van der Waals surface area contributed by atoms with E-state index in [1.54, 1.807) is 0 Å². The fraction of sp³-hybridized carbons (Fsp3) is 0.955. The molecule has 156 valence electrons. The van der Waals surface area contributed by atoms with Crippen molar-refractivity contribution in [2.24, 2.45) is 10.9 Å². The van der Waals surface area contributed by atoms with Crippen molar-refractivity contribution in [3.05, 3.63) is 0 Å². The average molecular weight is 378 g/mol. The summed E-state index contributed by atoms with van der Waals surface area (Å²) in [5.74, 6) is 1.78. The van der Waals surface area contributed by atoms with E-state index >= 15 is 0 Å². The van der Waals surface area contributed by atoms with Gasteiger partial charge in [-0.3, -0.25) is 9.89 Å². The van der Waals surface area contributed by atoms with Gasteiger partial charge in [-0.25, -0.2) is 0 Å².